The molecule has 0 aromatic heterocycles. The maximum absolute atomic E-state index is 11.0. The van der Waals surface area contributed by atoms with Crippen LogP contribution in [0.3, 0.4) is 0 Å². The predicted molar refractivity (Wildman–Crippen MR) is 67.8 cm³/mol. The fourth-order valence-corrected chi connectivity index (χ4v) is 1.43. The Morgan fingerprint density at radius 1 is 1.53 bits per heavy atom. The molecule has 0 aliphatic heterocycles. The molecule has 0 aliphatic rings. The first-order chi connectivity index (χ1) is 7.85. The number of anilines is 1. The number of hydrogen-bond acceptors (Lipinski definition) is 3. The summed E-state index contributed by atoms with van der Waals surface area (Å²) in [5, 5.41) is 22.1. The molecule has 3 N–H and O–H groups in total. The van der Waals surface area contributed by atoms with Crippen molar-refractivity contribution in [2.45, 2.75) is 25.9 Å². The molecular formula is C12H16ClNO3. The Hall–Kier alpha value is -1.26. The van der Waals surface area contributed by atoms with Crippen LogP contribution in [0.25, 0.3) is 0 Å². The van der Waals surface area contributed by atoms with Gasteiger partial charge in [0.05, 0.1) is 11.2 Å². The van der Waals surface area contributed by atoms with E-state index in [9.17, 15) is 9.90 Å². The normalized spacial score (nSPS) is 14.1. The van der Waals surface area contributed by atoms with Crippen molar-refractivity contribution < 1.29 is 15.0 Å². The van der Waals surface area contributed by atoms with Crippen LogP contribution in [0.5, 0.6) is 0 Å². The lowest BCUT2D eigenvalue weighted by molar-refractivity contribution is 0.0677. The number of nitrogens with one attached hydrogen (secondary N) is 1. The largest absolute Gasteiger partial charge is 0.478 e. The standard InChI is InChI=1S/C12H16ClNO3/c1-3-12(2,17)7-14-10-5-4-8(13)6-9(10)11(15)16/h4-6,14,17H,3,7H2,1-2H3,(H,15,16). The Kier molecular flexibility index (Phi) is 4.37. The van der Waals surface area contributed by atoms with Gasteiger partial charge in [-0.15, -0.1) is 0 Å². The van der Waals surface area contributed by atoms with E-state index in [0.717, 1.165) is 0 Å². The van der Waals surface area contributed by atoms with Crippen molar-refractivity contribution in [3.8, 4) is 0 Å². The summed E-state index contributed by atoms with van der Waals surface area (Å²) in [5.74, 6) is -1.05. The first-order valence-corrected chi connectivity index (χ1v) is 5.72. The first kappa shape index (κ1) is 13.8. The number of aliphatic hydroxyl groups is 1. The highest BCUT2D eigenvalue weighted by molar-refractivity contribution is 6.31. The summed E-state index contributed by atoms with van der Waals surface area (Å²) in [7, 11) is 0. The number of halogens is 1. The minimum Gasteiger partial charge on any atom is -0.478 e. The molecule has 1 unspecified atom stereocenters. The Labute approximate surface area is 105 Å². The van der Waals surface area contributed by atoms with Crippen LogP contribution in [0.1, 0.15) is 30.6 Å². The highest BCUT2D eigenvalue weighted by Gasteiger charge is 2.18. The second-order valence-electron chi connectivity index (χ2n) is 4.20. The Bertz CT molecular complexity index is 418. The van der Waals surface area contributed by atoms with Crippen LogP contribution in [0, 0.1) is 0 Å². The van der Waals surface area contributed by atoms with Gasteiger partial charge in [0.15, 0.2) is 0 Å². The van der Waals surface area contributed by atoms with E-state index in [-0.39, 0.29) is 12.1 Å². The Morgan fingerprint density at radius 2 is 2.18 bits per heavy atom. The molecule has 0 saturated heterocycles. The summed E-state index contributed by atoms with van der Waals surface area (Å²) >= 11 is 5.74. The number of rotatable bonds is 5. The molecule has 1 rings (SSSR count). The van der Waals surface area contributed by atoms with Gasteiger partial charge in [-0.05, 0) is 31.5 Å². The summed E-state index contributed by atoms with van der Waals surface area (Å²) in [6.45, 7) is 3.84. The number of carbonyl (C=O) groups is 1. The van der Waals surface area contributed by atoms with Gasteiger partial charge in [0.1, 0.15) is 0 Å². The van der Waals surface area contributed by atoms with Gasteiger partial charge in [-0.25, -0.2) is 4.79 Å². The number of carboxylic acid groups (broad SMARTS) is 1. The third-order valence-electron chi connectivity index (χ3n) is 2.63. The van der Waals surface area contributed by atoms with Crippen LogP contribution in [-0.4, -0.2) is 28.3 Å². The summed E-state index contributed by atoms with van der Waals surface area (Å²) in [4.78, 5) is 11.0. The predicted octanol–water partition coefficient (Wildman–Crippen LogP) is 2.61. The van der Waals surface area contributed by atoms with Gasteiger partial charge in [-0.1, -0.05) is 18.5 Å². The van der Waals surface area contributed by atoms with Crippen molar-refractivity contribution in [1.82, 2.24) is 0 Å². The molecule has 0 radical (unpaired) electrons. The van der Waals surface area contributed by atoms with Crippen LogP contribution < -0.4 is 5.32 Å². The molecule has 94 valence electrons. The number of aromatic carboxylic acids is 1. The van der Waals surface area contributed by atoms with Crippen molar-refractivity contribution in [3.63, 3.8) is 0 Å². The molecule has 1 atom stereocenters. The Morgan fingerprint density at radius 3 is 2.71 bits per heavy atom. The van der Waals surface area contributed by atoms with E-state index in [0.29, 0.717) is 17.1 Å². The molecule has 0 spiro atoms. The zero-order chi connectivity index (χ0) is 13.1. The van der Waals surface area contributed by atoms with Gasteiger partial charge >= 0.3 is 5.97 Å². The number of benzene rings is 1. The van der Waals surface area contributed by atoms with Crippen LogP contribution >= 0.6 is 11.6 Å². The zero-order valence-corrected chi connectivity index (χ0v) is 10.6. The average molecular weight is 258 g/mol. The molecule has 4 nitrogen and oxygen atoms in total. The molecule has 1 aromatic carbocycles. The topological polar surface area (TPSA) is 69.6 Å². The smallest absolute Gasteiger partial charge is 0.337 e. The van der Waals surface area contributed by atoms with Crippen LogP contribution in [-0.2, 0) is 0 Å². The van der Waals surface area contributed by atoms with Crippen molar-refractivity contribution in [3.05, 3.63) is 28.8 Å². The molecule has 0 heterocycles. The number of carboxylic acids is 1. The van der Waals surface area contributed by atoms with Gasteiger partial charge in [-0.3, -0.25) is 0 Å². The van der Waals surface area contributed by atoms with E-state index in [1.807, 2.05) is 6.92 Å². The second kappa shape index (κ2) is 5.38. The third-order valence-corrected chi connectivity index (χ3v) is 2.87. The quantitative estimate of drug-likeness (QED) is 0.758. The van der Waals surface area contributed by atoms with Crippen molar-refractivity contribution >= 4 is 23.3 Å². The van der Waals surface area contributed by atoms with E-state index < -0.39 is 11.6 Å². The molecule has 0 bridgehead atoms. The highest BCUT2D eigenvalue weighted by atomic mass is 35.5. The molecule has 17 heavy (non-hydrogen) atoms. The van der Waals surface area contributed by atoms with Gasteiger partial charge in [-0.2, -0.15) is 0 Å². The highest BCUT2D eigenvalue weighted by Crippen LogP contribution is 2.21. The van der Waals surface area contributed by atoms with E-state index in [2.05, 4.69) is 5.32 Å². The molecule has 0 aliphatic carbocycles. The Balaban J connectivity index is 2.88. The first-order valence-electron chi connectivity index (χ1n) is 5.35. The van der Waals surface area contributed by atoms with Crippen LogP contribution in [0.2, 0.25) is 5.02 Å². The maximum Gasteiger partial charge on any atom is 0.337 e. The molecule has 0 fully saturated rings. The van der Waals surface area contributed by atoms with E-state index in [1.54, 1.807) is 19.1 Å². The fourth-order valence-electron chi connectivity index (χ4n) is 1.26. The summed E-state index contributed by atoms with van der Waals surface area (Å²) < 4.78 is 0. The van der Waals surface area contributed by atoms with Gasteiger partial charge < -0.3 is 15.5 Å². The third kappa shape index (κ3) is 3.91. The maximum atomic E-state index is 11.0. The summed E-state index contributed by atoms with van der Waals surface area (Å²) in [6, 6.07) is 4.58. The second-order valence-corrected chi connectivity index (χ2v) is 4.64. The molecule has 0 saturated carbocycles. The average Bonchev–Trinajstić information content (AvgIpc) is 2.27. The van der Waals surface area contributed by atoms with Gasteiger partial charge in [0.25, 0.3) is 0 Å². The molecule has 0 amide bonds. The van der Waals surface area contributed by atoms with Crippen molar-refractivity contribution in [2.24, 2.45) is 0 Å². The van der Waals surface area contributed by atoms with Crippen molar-refractivity contribution in [1.29, 1.82) is 0 Å². The van der Waals surface area contributed by atoms with Crippen LogP contribution in [0.15, 0.2) is 18.2 Å². The fraction of sp³-hybridized carbons (Fsp3) is 0.417. The SMILES string of the molecule is CCC(C)(O)CNc1ccc(Cl)cc1C(=O)O. The zero-order valence-electron chi connectivity index (χ0n) is 9.83. The monoisotopic (exact) mass is 257 g/mol. The van der Waals surface area contributed by atoms with E-state index in [4.69, 9.17) is 16.7 Å². The van der Waals surface area contributed by atoms with Crippen LogP contribution in [0.4, 0.5) is 5.69 Å². The lowest BCUT2D eigenvalue weighted by Gasteiger charge is -2.22. The van der Waals surface area contributed by atoms with Gasteiger partial charge in [0, 0.05) is 17.3 Å². The minimum atomic E-state index is -1.05. The number of hydrogen-bond donors (Lipinski definition) is 3. The summed E-state index contributed by atoms with van der Waals surface area (Å²) in [5.41, 5.74) is -0.310. The van der Waals surface area contributed by atoms with E-state index in [1.165, 1.54) is 6.07 Å². The lowest BCUT2D eigenvalue weighted by Crippen LogP contribution is -2.32. The van der Waals surface area contributed by atoms with Crippen molar-refractivity contribution in [2.75, 3.05) is 11.9 Å². The van der Waals surface area contributed by atoms with Gasteiger partial charge in [0.2, 0.25) is 0 Å². The van der Waals surface area contributed by atoms with E-state index >= 15 is 0 Å². The molecule has 1 aromatic rings. The summed E-state index contributed by atoms with van der Waals surface area (Å²) in [6.07, 6.45) is 0.579. The molecular weight excluding hydrogens is 242 g/mol. The lowest BCUT2D eigenvalue weighted by atomic mass is 10.0. The minimum absolute atomic E-state index is 0.101. The molecule has 5 heteroatoms.